The van der Waals surface area contributed by atoms with Crippen LogP contribution in [-0.4, -0.2) is 20.4 Å². The highest BCUT2D eigenvalue weighted by Gasteiger charge is 2.16. The Morgan fingerprint density at radius 2 is 2.04 bits per heavy atom. The lowest BCUT2D eigenvalue weighted by atomic mass is 10.1. The Kier molecular flexibility index (Phi) is 5.19. The summed E-state index contributed by atoms with van der Waals surface area (Å²) in [6.07, 6.45) is 8.62. The zero-order valence-electron chi connectivity index (χ0n) is 16.0. The number of rotatable bonds is 3. The predicted octanol–water partition coefficient (Wildman–Crippen LogP) is 3.40. The highest BCUT2D eigenvalue weighted by Crippen LogP contribution is 2.17. The van der Waals surface area contributed by atoms with Crippen molar-refractivity contribution in [3.63, 3.8) is 0 Å². The number of carbonyl (C=O) groups excluding carboxylic acids is 1. The van der Waals surface area contributed by atoms with Crippen molar-refractivity contribution in [2.75, 3.05) is 0 Å². The molecule has 144 valence electrons. The van der Waals surface area contributed by atoms with Gasteiger partial charge in [-0.3, -0.25) is 19.1 Å². The van der Waals surface area contributed by atoms with Crippen molar-refractivity contribution in [3.05, 3.63) is 70.0 Å². The van der Waals surface area contributed by atoms with Crippen molar-refractivity contribution in [2.45, 2.75) is 51.6 Å². The van der Waals surface area contributed by atoms with E-state index in [-0.39, 0.29) is 17.5 Å². The number of aryl methyl sites for hydroxylation is 1. The Hall–Kier alpha value is -3.02. The molecule has 6 heteroatoms. The molecule has 2 aromatic heterocycles. The SMILES string of the molecule is CC(NC(=O)c1ccc2c(=O)n3c(nc2c1)CCCCCC3)c1cccnc1. The van der Waals surface area contributed by atoms with E-state index in [9.17, 15) is 9.59 Å². The Bertz CT molecular complexity index is 1060. The molecule has 1 aliphatic heterocycles. The van der Waals surface area contributed by atoms with Gasteiger partial charge >= 0.3 is 0 Å². The average Bonchev–Trinajstić information content (AvgIpc) is 2.69. The molecule has 0 aliphatic carbocycles. The summed E-state index contributed by atoms with van der Waals surface area (Å²) < 4.78 is 1.81. The molecule has 1 N–H and O–H groups in total. The molecule has 3 heterocycles. The molecule has 0 bridgehead atoms. The predicted molar refractivity (Wildman–Crippen MR) is 108 cm³/mol. The highest BCUT2D eigenvalue weighted by atomic mass is 16.1. The smallest absolute Gasteiger partial charge is 0.261 e. The minimum Gasteiger partial charge on any atom is -0.345 e. The number of hydrogen-bond donors (Lipinski definition) is 1. The molecule has 1 unspecified atom stereocenters. The number of amides is 1. The molecule has 1 amide bonds. The molecule has 0 spiro atoms. The van der Waals surface area contributed by atoms with Crippen molar-refractivity contribution in [3.8, 4) is 0 Å². The number of nitrogens with one attached hydrogen (secondary N) is 1. The van der Waals surface area contributed by atoms with Crippen molar-refractivity contribution >= 4 is 16.8 Å². The summed E-state index contributed by atoms with van der Waals surface area (Å²) in [5, 5.41) is 3.55. The molecule has 28 heavy (non-hydrogen) atoms. The second-order valence-electron chi connectivity index (χ2n) is 7.36. The summed E-state index contributed by atoms with van der Waals surface area (Å²) in [7, 11) is 0. The zero-order valence-corrected chi connectivity index (χ0v) is 16.0. The maximum atomic E-state index is 12.9. The van der Waals surface area contributed by atoms with Crippen LogP contribution < -0.4 is 10.9 Å². The van der Waals surface area contributed by atoms with Crippen molar-refractivity contribution in [1.29, 1.82) is 0 Å². The number of hydrogen-bond acceptors (Lipinski definition) is 4. The monoisotopic (exact) mass is 376 g/mol. The average molecular weight is 376 g/mol. The zero-order chi connectivity index (χ0) is 19.5. The van der Waals surface area contributed by atoms with Crippen LogP contribution in [0.5, 0.6) is 0 Å². The maximum absolute atomic E-state index is 12.9. The van der Waals surface area contributed by atoms with E-state index >= 15 is 0 Å². The van der Waals surface area contributed by atoms with Gasteiger partial charge in [-0.2, -0.15) is 0 Å². The maximum Gasteiger partial charge on any atom is 0.261 e. The minimum absolute atomic E-state index is 0.00224. The van der Waals surface area contributed by atoms with Gasteiger partial charge < -0.3 is 5.32 Å². The molecule has 0 saturated heterocycles. The Morgan fingerprint density at radius 3 is 2.86 bits per heavy atom. The summed E-state index contributed by atoms with van der Waals surface area (Å²) in [4.78, 5) is 34.4. The van der Waals surface area contributed by atoms with Gasteiger partial charge in [-0.25, -0.2) is 4.98 Å². The molecular formula is C22H24N4O2. The van der Waals surface area contributed by atoms with Crippen LogP contribution in [0.1, 0.15) is 60.4 Å². The Balaban J connectivity index is 1.64. The topological polar surface area (TPSA) is 76.9 Å². The lowest BCUT2D eigenvalue weighted by Crippen LogP contribution is -2.28. The first-order valence-electron chi connectivity index (χ1n) is 9.88. The van der Waals surface area contributed by atoms with Crippen LogP contribution in [0.15, 0.2) is 47.5 Å². The normalized spacial score (nSPS) is 15.3. The van der Waals surface area contributed by atoms with E-state index < -0.39 is 0 Å². The van der Waals surface area contributed by atoms with Crippen molar-refractivity contribution in [2.24, 2.45) is 0 Å². The van der Waals surface area contributed by atoms with Gasteiger partial charge in [0.15, 0.2) is 0 Å². The van der Waals surface area contributed by atoms with Crippen molar-refractivity contribution < 1.29 is 4.79 Å². The van der Waals surface area contributed by atoms with E-state index in [1.54, 1.807) is 30.6 Å². The fourth-order valence-electron chi connectivity index (χ4n) is 3.73. The molecule has 1 atom stereocenters. The van der Waals surface area contributed by atoms with Gasteiger partial charge in [0.25, 0.3) is 11.5 Å². The van der Waals surface area contributed by atoms with E-state index in [2.05, 4.69) is 10.3 Å². The van der Waals surface area contributed by atoms with Crippen LogP contribution in [0, 0.1) is 0 Å². The van der Waals surface area contributed by atoms with E-state index in [0.717, 1.165) is 43.6 Å². The standard InChI is InChI=1S/C22H24N4O2/c1-15(17-7-6-11-23-14-17)24-21(27)16-9-10-18-19(13-16)25-20-8-4-2-3-5-12-26(20)22(18)28/h6-7,9-11,13-15H,2-5,8,12H2,1H3,(H,24,27). The van der Waals surface area contributed by atoms with Gasteiger partial charge in [0, 0.05) is 30.9 Å². The number of pyridine rings is 1. The molecular weight excluding hydrogens is 352 g/mol. The molecule has 1 aromatic carbocycles. The third-order valence-corrected chi connectivity index (χ3v) is 5.36. The highest BCUT2D eigenvalue weighted by molar-refractivity contribution is 5.97. The van der Waals surface area contributed by atoms with E-state index in [0.29, 0.717) is 16.5 Å². The third-order valence-electron chi connectivity index (χ3n) is 5.36. The number of aromatic nitrogens is 3. The number of nitrogens with zero attached hydrogens (tertiary/aromatic N) is 3. The summed E-state index contributed by atoms with van der Waals surface area (Å²) in [5.74, 6) is 0.644. The third kappa shape index (κ3) is 3.67. The molecule has 4 rings (SSSR count). The van der Waals surface area contributed by atoms with Gasteiger partial charge in [0.1, 0.15) is 5.82 Å². The second-order valence-corrected chi connectivity index (χ2v) is 7.36. The number of benzene rings is 1. The first kappa shape index (κ1) is 18.3. The Morgan fingerprint density at radius 1 is 1.18 bits per heavy atom. The molecule has 0 radical (unpaired) electrons. The van der Waals surface area contributed by atoms with E-state index in [1.807, 2.05) is 23.6 Å². The van der Waals surface area contributed by atoms with Gasteiger partial charge in [-0.15, -0.1) is 0 Å². The first-order valence-corrected chi connectivity index (χ1v) is 9.88. The first-order chi connectivity index (χ1) is 13.6. The molecule has 6 nitrogen and oxygen atoms in total. The largest absolute Gasteiger partial charge is 0.345 e. The second kappa shape index (κ2) is 7.92. The molecule has 1 aliphatic rings. The fraction of sp³-hybridized carbons (Fsp3) is 0.364. The summed E-state index contributed by atoms with van der Waals surface area (Å²) in [6.45, 7) is 2.64. The van der Waals surface area contributed by atoms with Crippen LogP contribution in [0.25, 0.3) is 10.9 Å². The van der Waals surface area contributed by atoms with E-state index in [4.69, 9.17) is 4.98 Å². The Labute approximate surface area is 163 Å². The summed E-state index contributed by atoms with van der Waals surface area (Å²) in [6, 6.07) is 8.76. The minimum atomic E-state index is -0.188. The van der Waals surface area contributed by atoms with Crippen molar-refractivity contribution in [1.82, 2.24) is 19.9 Å². The lowest BCUT2D eigenvalue weighted by molar-refractivity contribution is 0.0940. The quantitative estimate of drug-likeness (QED) is 0.760. The fourth-order valence-corrected chi connectivity index (χ4v) is 3.73. The lowest BCUT2D eigenvalue weighted by Gasteiger charge is -2.17. The number of carbonyl (C=O) groups is 1. The van der Waals surface area contributed by atoms with Gasteiger partial charge in [-0.05, 0) is 49.6 Å². The van der Waals surface area contributed by atoms with Crippen LogP contribution in [0.2, 0.25) is 0 Å². The van der Waals surface area contributed by atoms with Crippen LogP contribution in [-0.2, 0) is 13.0 Å². The molecule has 3 aromatic rings. The van der Waals surface area contributed by atoms with E-state index in [1.165, 1.54) is 6.42 Å². The van der Waals surface area contributed by atoms with Crippen LogP contribution in [0.4, 0.5) is 0 Å². The van der Waals surface area contributed by atoms with Gasteiger partial charge in [0.2, 0.25) is 0 Å². The summed E-state index contributed by atoms with van der Waals surface area (Å²) >= 11 is 0. The molecule has 0 fully saturated rings. The van der Waals surface area contributed by atoms with Crippen LogP contribution >= 0.6 is 0 Å². The van der Waals surface area contributed by atoms with Gasteiger partial charge in [-0.1, -0.05) is 18.9 Å². The van der Waals surface area contributed by atoms with Crippen LogP contribution in [0.3, 0.4) is 0 Å². The molecule has 0 saturated carbocycles. The van der Waals surface area contributed by atoms with Gasteiger partial charge in [0.05, 0.1) is 16.9 Å². The summed E-state index contributed by atoms with van der Waals surface area (Å²) in [5.41, 5.74) is 2.04. The number of fused-ring (bicyclic) bond motifs is 2.